The third kappa shape index (κ3) is 4.48. The van der Waals surface area contributed by atoms with Crippen LogP contribution in [-0.4, -0.2) is 46.2 Å². The maximum atomic E-state index is 13.1. The highest BCUT2D eigenvalue weighted by atomic mass is 32.1. The largest absolute Gasteiger partial charge is 0.486 e. The Morgan fingerprint density at radius 2 is 1.85 bits per heavy atom. The van der Waals surface area contributed by atoms with Gasteiger partial charge in [-0.2, -0.15) is 4.98 Å². The Labute approximate surface area is 191 Å². The van der Waals surface area contributed by atoms with Crippen molar-refractivity contribution in [3.05, 3.63) is 59.4 Å². The van der Waals surface area contributed by atoms with Crippen molar-refractivity contribution in [3.63, 3.8) is 0 Å². The fourth-order valence-corrected chi connectivity index (χ4v) is 4.17. The van der Waals surface area contributed by atoms with E-state index in [1.54, 1.807) is 34.8 Å². The first-order valence-corrected chi connectivity index (χ1v) is 11.0. The van der Waals surface area contributed by atoms with Crippen molar-refractivity contribution in [2.75, 3.05) is 25.1 Å². The van der Waals surface area contributed by atoms with E-state index in [0.717, 1.165) is 5.69 Å². The number of carbonyl (C=O) groups is 2. The number of hydrogen-bond acceptors (Lipinski definition) is 7. The number of benzene rings is 2. The van der Waals surface area contributed by atoms with E-state index in [-0.39, 0.29) is 12.4 Å². The highest BCUT2D eigenvalue weighted by Crippen LogP contribution is 2.32. The van der Waals surface area contributed by atoms with Crippen LogP contribution in [0, 0.1) is 5.82 Å². The number of thiazole rings is 1. The minimum absolute atomic E-state index is 0.241. The second-order valence-electron chi connectivity index (χ2n) is 7.18. The number of amides is 2. The van der Waals surface area contributed by atoms with Crippen LogP contribution in [0.5, 0.6) is 11.5 Å². The number of carbonyl (C=O) groups excluding carboxylic acids is 2. The van der Waals surface area contributed by atoms with Gasteiger partial charge < -0.3 is 20.1 Å². The maximum Gasteiger partial charge on any atom is 0.313 e. The van der Waals surface area contributed by atoms with E-state index < -0.39 is 11.8 Å². The summed E-state index contributed by atoms with van der Waals surface area (Å²) in [6, 6.07) is 10.9. The molecule has 5 rings (SSSR count). The van der Waals surface area contributed by atoms with Gasteiger partial charge in [0, 0.05) is 35.7 Å². The Balaban J connectivity index is 1.17. The molecule has 168 valence electrons. The summed E-state index contributed by atoms with van der Waals surface area (Å²) in [5, 5.41) is 11.5. The summed E-state index contributed by atoms with van der Waals surface area (Å²) in [6.45, 7) is 1.14. The number of nitrogens with one attached hydrogen (secondary N) is 2. The molecule has 0 bridgehead atoms. The van der Waals surface area contributed by atoms with Gasteiger partial charge in [0.15, 0.2) is 17.3 Å². The van der Waals surface area contributed by atoms with E-state index in [2.05, 4.69) is 20.7 Å². The first-order chi connectivity index (χ1) is 16.1. The van der Waals surface area contributed by atoms with E-state index in [9.17, 15) is 14.0 Å². The van der Waals surface area contributed by atoms with Crippen molar-refractivity contribution in [2.24, 2.45) is 0 Å². The number of halogens is 1. The molecular weight excluding hydrogens is 449 g/mol. The van der Waals surface area contributed by atoms with Crippen molar-refractivity contribution in [1.82, 2.24) is 19.9 Å². The minimum atomic E-state index is -0.776. The lowest BCUT2D eigenvalue weighted by Gasteiger charge is -2.18. The van der Waals surface area contributed by atoms with E-state index in [4.69, 9.17) is 9.47 Å². The topological polar surface area (TPSA) is 107 Å². The van der Waals surface area contributed by atoms with E-state index in [1.165, 1.54) is 23.5 Å². The molecule has 0 saturated carbocycles. The first kappa shape index (κ1) is 20.9. The third-order valence-corrected chi connectivity index (χ3v) is 5.79. The average molecular weight is 467 g/mol. The SMILES string of the molecule is O=C(NCCc1csc2nc(-c3ccc(F)cc3)nn12)C(=O)Nc1ccc2c(c1)OCCO2. The molecule has 0 atom stereocenters. The Morgan fingerprint density at radius 3 is 2.67 bits per heavy atom. The standard InChI is InChI=1S/C22H18FN5O4S/c23-14-3-1-13(2-4-14)19-26-22-28(27-19)16(12-33-22)7-8-24-20(29)21(30)25-15-5-6-17-18(11-15)32-10-9-31-17/h1-6,11-12H,7-10H2,(H,24,29)(H,25,30). The lowest BCUT2D eigenvalue weighted by atomic mass is 10.2. The molecule has 1 aliphatic heterocycles. The minimum Gasteiger partial charge on any atom is -0.486 e. The van der Waals surface area contributed by atoms with Crippen LogP contribution in [0.2, 0.25) is 0 Å². The Kier molecular flexibility index (Phi) is 5.61. The quantitative estimate of drug-likeness (QED) is 0.437. The predicted molar refractivity (Wildman–Crippen MR) is 119 cm³/mol. The maximum absolute atomic E-state index is 13.1. The zero-order chi connectivity index (χ0) is 22.8. The molecule has 0 spiro atoms. The van der Waals surface area contributed by atoms with Gasteiger partial charge in [0.05, 0.1) is 5.69 Å². The van der Waals surface area contributed by atoms with Crippen LogP contribution >= 0.6 is 11.3 Å². The molecule has 1 aliphatic rings. The number of fused-ring (bicyclic) bond motifs is 2. The van der Waals surface area contributed by atoms with Gasteiger partial charge in [-0.25, -0.2) is 8.91 Å². The zero-order valence-corrected chi connectivity index (χ0v) is 18.0. The van der Waals surface area contributed by atoms with Crippen LogP contribution in [0.3, 0.4) is 0 Å². The normalized spacial score (nSPS) is 12.5. The van der Waals surface area contributed by atoms with E-state index in [1.807, 2.05) is 5.38 Å². The lowest BCUT2D eigenvalue weighted by Crippen LogP contribution is -2.36. The third-order valence-electron chi connectivity index (χ3n) is 4.93. The van der Waals surface area contributed by atoms with Gasteiger partial charge in [0.2, 0.25) is 4.96 Å². The summed E-state index contributed by atoms with van der Waals surface area (Å²) in [5.41, 5.74) is 1.99. The molecule has 2 aromatic carbocycles. The highest BCUT2D eigenvalue weighted by molar-refractivity contribution is 7.15. The summed E-state index contributed by atoms with van der Waals surface area (Å²) < 4.78 is 25.7. The van der Waals surface area contributed by atoms with Crippen LogP contribution in [0.25, 0.3) is 16.3 Å². The number of anilines is 1. The smallest absolute Gasteiger partial charge is 0.313 e. The summed E-state index contributed by atoms with van der Waals surface area (Å²) >= 11 is 1.41. The fourth-order valence-electron chi connectivity index (χ4n) is 3.31. The van der Waals surface area contributed by atoms with E-state index in [0.29, 0.717) is 53.2 Å². The molecule has 0 unspecified atom stereocenters. The number of rotatable bonds is 5. The molecule has 33 heavy (non-hydrogen) atoms. The van der Waals surface area contributed by atoms with Crippen LogP contribution in [0.1, 0.15) is 5.69 Å². The first-order valence-electron chi connectivity index (χ1n) is 10.1. The summed E-state index contributed by atoms with van der Waals surface area (Å²) in [4.78, 5) is 29.6. The summed E-state index contributed by atoms with van der Waals surface area (Å²) in [6.07, 6.45) is 0.454. The molecule has 3 heterocycles. The average Bonchev–Trinajstić information content (AvgIpc) is 3.41. The van der Waals surface area contributed by atoms with Crippen molar-refractivity contribution in [2.45, 2.75) is 6.42 Å². The molecule has 0 aliphatic carbocycles. The van der Waals surface area contributed by atoms with Crippen LogP contribution < -0.4 is 20.1 Å². The van der Waals surface area contributed by atoms with Crippen LogP contribution in [-0.2, 0) is 16.0 Å². The lowest BCUT2D eigenvalue weighted by molar-refractivity contribution is -0.136. The van der Waals surface area contributed by atoms with Gasteiger partial charge in [-0.05, 0) is 36.4 Å². The predicted octanol–water partition coefficient (Wildman–Crippen LogP) is 2.67. The van der Waals surface area contributed by atoms with Crippen molar-refractivity contribution in [3.8, 4) is 22.9 Å². The summed E-state index contributed by atoms with van der Waals surface area (Å²) in [5.74, 6) is -0.237. The molecule has 9 nitrogen and oxygen atoms in total. The van der Waals surface area contributed by atoms with Gasteiger partial charge in [-0.15, -0.1) is 16.4 Å². The van der Waals surface area contributed by atoms with Crippen molar-refractivity contribution in [1.29, 1.82) is 0 Å². The molecule has 4 aromatic rings. The Morgan fingerprint density at radius 1 is 1.06 bits per heavy atom. The molecule has 0 fully saturated rings. The van der Waals surface area contributed by atoms with Crippen LogP contribution in [0.4, 0.5) is 10.1 Å². The highest BCUT2D eigenvalue weighted by Gasteiger charge is 2.17. The number of aromatic nitrogens is 3. The van der Waals surface area contributed by atoms with Crippen LogP contribution in [0.15, 0.2) is 47.8 Å². The molecule has 2 amide bonds. The Hall–Kier alpha value is -3.99. The number of nitrogens with zero attached hydrogens (tertiary/aromatic N) is 3. The van der Waals surface area contributed by atoms with Gasteiger partial charge in [0.25, 0.3) is 0 Å². The van der Waals surface area contributed by atoms with Gasteiger partial charge in [-0.1, -0.05) is 0 Å². The van der Waals surface area contributed by atoms with Gasteiger partial charge in [-0.3, -0.25) is 9.59 Å². The monoisotopic (exact) mass is 467 g/mol. The van der Waals surface area contributed by atoms with Crippen molar-refractivity contribution < 1.29 is 23.5 Å². The Bertz CT molecular complexity index is 1330. The number of ether oxygens (including phenoxy) is 2. The molecule has 2 N–H and O–H groups in total. The molecule has 11 heteroatoms. The molecule has 0 radical (unpaired) electrons. The molecular formula is C22H18FN5O4S. The second kappa shape index (κ2) is 8.87. The van der Waals surface area contributed by atoms with Gasteiger partial charge in [0.1, 0.15) is 19.0 Å². The zero-order valence-electron chi connectivity index (χ0n) is 17.2. The van der Waals surface area contributed by atoms with Gasteiger partial charge >= 0.3 is 11.8 Å². The fraction of sp³-hybridized carbons (Fsp3) is 0.182. The number of hydrogen-bond donors (Lipinski definition) is 2. The summed E-state index contributed by atoms with van der Waals surface area (Å²) in [7, 11) is 0. The second-order valence-corrected chi connectivity index (χ2v) is 8.02. The van der Waals surface area contributed by atoms with Crippen molar-refractivity contribution >= 4 is 33.8 Å². The van der Waals surface area contributed by atoms with E-state index >= 15 is 0 Å². The molecule has 2 aromatic heterocycles. The molecule has 0 saturated heterocycles.